The van der Waals surface area contributed by atoms with Crippen molar-refractivity contribution in [3.05, 3.63) is 60.2 Å². The molecule has 0 bridgehead atoms. The van der Waals surface area contributed by atoms with Gasteiger partial charge >= 0.3 is 0 Å². The molecule has 174 valence electrons. The number of carbonyl (C=O) groups is 1. The number of aromatic nitrogens is 3. The minimum Gasteiger partial charge on any atom is -0.338 e. The van der Waals surface area contributed by atoms with Gasteiger partial charge in [-0.2, -0.15) is 0 Å². The largest absolute Gasteiger partial charge is 0.338 e. The summed E-state index contributed by atoms with van der Waals surface area (Å²) < 4.78 is 52.2. The fourth-order valence-corrected chi connectivity index (χ4v) is 6.41. The van der Waals surface area contributed by atoms with E-state index in [9.17, 15) is 22.0 Å². The van der Waals surface area contributed by atoms with Crippen LogP contribution in [0.1, 0.15) is 13.3 Å². The lowest BCUT2D eigenvalue weighted by molar-refractivity contribution is -0.129. The van der Waals surface area contributed by atoms with Gasteiger partial charge in [-0.25, -0.2) is 17.2 Å². The van der Waals surface area contributed by atoms with E-state index in [-0.39, 0.29) is 35.0 Å². The molecule has 4 rings (SSSR count). The molecule has 3 aromatic rings. The molecule has 0 spiro atoms. The zero-order valence-corrected chi connectivity index (χ0v) is 19.5. The first-order chi connectivity index (χ1) is 15.8. The molecule has 1 fully saturated rings. The Morgan fingerprint density at radius 1 is 1.09 bits per heavy atom. The summed E-state index contributed by atoms with van der Waals surface area (Å²) in [5.74, 6) is -0.447. The van der Waals surface area contributed by atoms with Crippen LogP contribution in [0.5, 0.6) is 0 Å². The minimum absolute atomic E-state index is 0.0161. The van der Waals surface area contributed by atoms with Crippen LogP contribution < -0.4 is 0 Å². The van der Waals surface area contributed by atoms with Crippen molar-refractivity contribution in [2.45, 2.75) is 24.5 Å². The van der Waals surface area contributed by atoms with Gasteiger partial charge in [0.25, 0.3) is 0 Å². The highest BCUT2D eigenvalue weighted by Gasteiger charge is 2.34. The molecule has 1 aromatic heterocycles. The first-order valence-electron chi connectivity index (χ1n) is 10.4. The maximum absolute atomic E-state index is 13.5. The van der Waals surface area contributed by atoms with E-state index in [1.165, 1.54) is 24.3 Å². The van der Waals surface area contributed by atoms with Crippen molar-refractivity contribution in [1.29, 1.82) is 0 Å². The second-order valence-electron chi connectivity index (χ2n) is 7.65. The fourth-order valence-electron chi connectivity index (χ4n) is 3.84. The van der Waals surface area contributed by atoms with E-state index >= 15 is 0 Å². The number of carbonyl (C=O) groups excluding carboxylic acids is 1. The summed E-state index contributed by atoms with van der Waals surface area (Å²) in [6.45, 7) is 2.23. The van der Waals surface area contributed by atoms with Gasteiger partial charge in [-0.3, -0.25) is 9.36 Å². The standard InChI is InChI=1S/C22H22F2N4O3S2/c1-2-27(19-11-12-33(30,31)14-19)20(29)13-32-22-26-25-21(15-3-5-16(23)6-4-15)28(22)18-9-7-17(24)8-10-18/h3-10,19H,2,11-14H2,1H3. The van der Waals surface area contributed by atoms with E-state index in [1.807, 2.05) is 6.92 Å². The highest BCUT2D eigenvalue weighted by atomic mass is 32.2. The topological polar surface area (TPSA) is 85.2 Å². The summed E-state index contributed by atoms with van der Waals surface area (Å²) in [6, 6.07) is 11.2. The van der Waals surface area contributed by atoms with Crippen molar-refractivity contribution in [2.24, 2.45) is 0 Å². The molecule has 0 radical (unpaired) electrons. The van der Waals surface area contributed by atoms with Crippen LogP contribution >= 0.6 is 11.8 Å². The molecule has 1 amide bonds. The lowest BCUT2D eigenvalue weighted by Crippen LogP contribution is -2.42. The van der Waals surface area contributed by atoms with Gasteiger partial charge in [0, 0.05) is 23.8 Å². The summed E-state index contributed by atoms with van der Waals surface area (Å²) in [5.41, 5.74) is 1.20. The van der Waals surface area contributed by atoms with E-state index < -0.39 is 15.7 Å². The highest BCUT2D eigenvalue weighted by Crippen LogP contribution is 2.29. The lowest BCUT2D eigenvalue weighted by atomic mass is 10.2. The average Bonchev–Trinajstić information content (AvgIpc) is 3.37. The fraction of sp³-hybridized carbons (Fsp3) is 0.318. The van der Waals surface area contributed by atoms with Crippen LogP contribution in [-0.2, 0) is 14.6 Å². The molecular weight excluding hydrogens is 470 g/mol. The van der Waals surface area contributed by atoms with Gasteiger partial charge in [-0.15, -0.1) is 10.2 Å². The SMILES string of the molecule is CCN(C(=O)CSc1nnc(-c2ccc(F)cc2)n1-c1ccc(F)cc1)C1CCS(=O)(=O)C1. The Kier molecular flexibility index (Phi) is 6.80. The van der Waals surface area contributed by atoms with Crippen LogP contribution in [0.4, 0.5) is 8.78 Å². The predicted molar refractivity (Wildman–Crippen MR) is 122 cm³/mol. The highest BCUT2D eigenvalue weighted by molar-refractivity contribution is 7.99. The van der Waals surface area contributed by atoms with Gasteiger partial charge < -0.3 is 4.90 Å². The van der Waals surface area contributed by atoms with Gasteiger partial charge in [0.15, 0.2) is 20.8 Å². The Bertz CT molecular complexity index is 1250. The molecule has 1 aliphatic heterocycles. The van der Waals surface area contributed by atoms with Gasteiger partial charge in [-0.1, -0.05) is 11.8 Å². The number of thioether (sulfide) groups is 1. The van der Waals surface area contributed by atoms with Crippen LogP contribution in [0.25, 0.3) is 17.1 Å². The third-order valence-electron chi connectivity index (χ3n) is 5.46. The van der Waals surface area contributed by atoms with E-state index in [0.717, 1.165) is 11.8 Å². The molecule has 2 heterocycles. The Balaban J connectivity index is 1.60. The summed E-state index contributed by atoms with van der Waals surface area (Å²) >= 11 is 1.16. The second kappa shape index (κ2) is 9.60. The smallest absolute Gasteiger partial charge is 0.233 e. The van der Waals surface area contributed by atoms with E-state index in [4.69, 9.17) is 0 Å². The molecule has 11 heteroatoms. The summed E-state index contributed by atoms with van der Waals surface area (Å²) in [7, 11) is -3.11. The van der Waals surface area contributed by atoms with Crippen LogP contribution in [0.2, 0.25) is 0 Å². The maximum atomic E-state index is 13.5. The molecule has 1 unspecified atom stereocenters. The first kappa shape index (κ1) is 23.4. The number of benzene rings is 2. The summed E-state index contributed by atoms with van der Waals surface area (Å²) in [4.78, 5) is 14.5. The summed E-state index contributed by atoms with van der Waals surface area (Å²) in [5, 5.41) is 8.85. The molecule has 2 aromatic carbocycles. The number of halogens is 2. The molecule has 1 aliphatic rings. The normalized spacial score (nSPS) is 17.2. The van der Waals surface area contributed by atoms with Crippen molar-refractivity contribution in [2.75, 3.05) is 23.8 Å². The van der Waals surface area contributed by atoms with Crippen molar-refractivity contribution >= 4 is 27.5 Å². The molecule has 33 heavy (non-hydrogen) atoms. The van der Waals surface area contributed by atoms with Crippen LogP contribution in [0.15, 0.2) is 53.7 Å². The molecule has 1 atom stereocenters. The molecule has 0 N–H and O–H groups in total. The third-order valence-corrected chi connectivity index (χ3v) is 8.12. The number of sulfone groups is 1. The van der Waals surface area contributed by atoms with Gasteiger partial charge in [-0.05, 0) is 61.9 Å². The second-order valence-corrected chi connectivity index (χ2v) is 10.8. The predicted octanol–water partition coefficient (Wildman–Crippen LogP) is 3.34. The number of rotatable bonds is 7. The first-order valence-corrected chi connectivity index (χ1v) is 13.2. The van der Waals surface area contributed by atoms with Crippen LogP contribution in [0, 0.1) is 11.6 Å². The van der Waals surface area contributed by atoms with Crippen LogP contribution in [0.3, 0.4) is 0 Å². The molecular formula is C22H22F2N4O3S2. The van der Waals surface area contributed by atoms with Crippen molar-refractivity contribution < 1.29 is 22.0 Å². The zero-order valence-electron chi connectivity index (χ0n) is 17.8. The Labute approximate surface area is 194 Å². The van der Waals surface area contributed by atoms with Gasteiger partial charge in [0.05, 0.1) is 17.3 Å². The Morgan fingerprint density at radius 3 is 2.30 bits per heavy atom. The van der Waals surface area contributed by atoms with Gasteiger partial charge in [0.2, 0.25) is 5.91 Å². The molecule has 0 aliphatic carbocycles. The van der Waals surface area contributed by atoms with Crippen molar-refractivity contribution in [3.63, 3.8) is 0 Å². The number of nitrogens with zero attached hydrogens (tertiary/aromatic N) is 4. The molecule has 7 nitrogen and oxygen atoms in total. The minimum atomic E-state index is -3.11. The van der Waals surface area contributed by atoms with Crippen molar-refractivity contribution in [1.82, 2.24) is 19.7 Å². The Morgan fingerprint density at radius 2 is 1.73 bits per heavy atom. The Hall–Kier alpha value is -2.79. The maximum Gasteiger partial charge on any atom is 0.233 e. The zero-order chi connectivity index (χ0) is 23.6. The van der Waals surface area contributed by atoms with E-state index in [1.54, 1.807) is 33.7 Å². The van der Waals surface area contributed by atoms with E-state index in [2.05, 4.69) is 10.2 Å². The number of hydrogen-bond acceptors (Lipinski definition) is 6. The molecule has 1 saturated heterocycles. The average molecular weight is 493 g/mol. The molecule has 0 saturated carbocycles. The van der Waals surface area contributed by atoms with Gasteiger partial charge in [0.1, 0.15) is 11.6 Å². The monoisotopic (exact) mass is 492 g/mol. The third kappa shape index (κ3) is 5.25. The van der Waals surface area contributed by atoms with Crippen molar-refractivity contribution in [3.8, 4) is 17.1 Å². The summed E-state index contributed by atoms with van der Waals surface area (Å²) in [6.07, 6.45) is 0.438. The number of hydrogen-bond donors (Lipinski definition) is 0. The number of amides is 1. The van der Waals surface area contributed by atoms with E-state index in [0.29, 0.717) is 35.2 Å². The van der Waals surface area contributed by atoms with Crippen LogP contribution in [-0.4, -0.2) is 63.8 Å². The quantitative estimate of drug-likeness (QED) is 0.471. The lowest BCUT2D eigenvalue weighted by Gasteiger charge is -2.26.